The van der Waals surface area contributed by atoms with E-state index in [4.69, 9.17) is 4.74 Å². The molecule has 6 nitrogen and oxygen atoms in total. The highest BCUT2D eigenvalue weighted by atomic mass is 32.3. The number of halogens is 1. The number of hydrogen-bond acceptors (Lipinski definition) is 5. The Morgan fingerprint density at radius 3 is 2.05 bits per heavy atom. The van der Waals surface area contributed by atoms with Crippen molar-refractivity contribution < 1.29 is 30.8 Å². The summed E-state index contributed by atoms with van der Waals surface area (Å²) in [5.41, 5.74) is 0.528. The highest BCUT2D eigenvalue weighted by Gasteiger charge is 2.10. The molecule has 0 aliphatic heterocycles. The van der Waals surface area contributed by atoms with Crippen molar-refractivity contribution in [2.45, 2.75) is 0 Å². The van der Waals surface area contributed by atoms with E-state index in [1.54, 1.807) is 54.4 Å². The van der Waals surface area contributed by atoms with Gasteiger partial charge in [0.2, 0.25) is 16.1 Å². The van der Waals surface area contributed by atoms with Crippen LogP contribution in [0.1, 0.15) is 0 Å². The Kier molecular flexibility index (Phi) is 6.22. The highest BCUT2D eigenvalue weighted by molar-refractivity contribution is 7.80. The lowest BCUT2D eigenvalue weighted by molar-refractivity contribution is -0.597. The van der Waals surface area contributed by atoms with Gasteiger partial charge in [0.05, 0.1) is 14.2 Å². The van der Waals surface area contributed by atoms with Gasteiger partial charge in [-0.1, -0.05) is 12.1 Å². The van der Waals surface area contributed by atoms with Crippen LogP contribution in [0.25, 0.3) is 5.69 Å². The molecule has 0 aliphatic carbocycles. The van der Waals surface area contributed by atoms with Gasteiger partial charge in [0.25, 0.3) is 0 Å². The molecule has 0 unspecified atom stereocenters. The van der Waals surface area contributed by atoms with Gasteiger partial charge in [-0.25, -0.2) is 8.42 Å². The molecule has 0 saturated heterocycles. The van der Waals surface area contributed by atoms with Gasteiger partial charge in [-0.05, 0) is 6.07 Å². The summed E-state index contributed by atoms with van der Waals surface area (Å²) in [5.74, 6) is 0.509. The molecule has 0 N–H and O–H groups in total. The SMILES string of the molecule is COS(=O)(=O)[O-].COc1cc[n+](-c2ccccc2F)cc1. The Morgan fingerprint density at radius 2 is 1.62 bits per heavy atom. The second-order valence-electron chi connectivity index (χ2n) is 3.67. The van der Waals surface area contributed by atoms with E-state index >= 15 is 0 Å². The number of methoxy groups -OCH3 is 1. The molecular weight excluding hydrogens is 301 g/mol. The molecule has 21 heavy (non-hydrogen) atoms. The summed E-state index contributed by atoms with van der Waals surface area (Å²) in [7, 11) is -2.00. The molecule has 0 fully saturated rings. The van der Waals surface area contributed by atoms with E-state index in [1.807, 2.05) is 0 Å². The van der Waals surface area contributed by atoms with Crippen LogP contribution in [0.3, 0.4) is 0 Å². The van der Waals surface area contributed by atoms with E-state index < -0.39 is 10.4 Å². The summed E-state index contributed by atoms with van der Waals surface area (Å²) < 4.78 is 51.2. The first kappa shape index (κ1) is 17.0. The molecule has 1 aromatic heterocycles. The number of rotatable bonds is 3. The van der Waals surface area contributed by atoms with Crippen LogP contribution in [0, 0.1) is 5.82 Å². The predicted molar refractivity (Wildman–Crippen MR) is 71.2 cm³/mol. The molecular formula is C13H14FNO5S. The van der Waals surface area contributed by atoms with Gasteiger partial charge in [-0.3, -0.25) is 4.18 Å². The fourth-order valence-electron chi connectivity index (χ4n) is 1.37. The topological polar surface area (TPSA) is 79.5 Å². The summed E-state index contributed by atoms with van der Waals surface area (Å²) in [6, 6.07) is 10.2. The van der Waals surface area contributed by atoms with Crippen LogP contribution >= 0.6 is 0 Å². The normalized spacial score (nSPS) is 10.5. The zero-order valence-electron chi connectivity index (χ0n) is 11.4. The lowest BCUT2D eigenvalue weighted by Crippen LogP contribution is -2.30. The summed E-state index contributed by atoms with van der Waals surface area (Å²) >= 11 is 0. The first-order valence-electron chi connectivity index (χ1n) is 5.69. The number of hydrogen-bond donors (Lipinski definition) is 0. The second kappa shape index (κ2) is 7.67. The fourth-order valence-corrected chi connectivity index (χ4v) is 1.37. The highest BCUT2D eigenvalue weighted by Crippen LogP contribution is 2.08. The molecule has 1 aromatic carbocycles. The van der Waals surface area contributed by atoms with Gasteiger partial charge in [0.1, 0.15) is 5.75 Å². The molecule has 0 radical (unpaired) electrons. The van der Waals surface area contributed by atoms with Gasteiger partial charge < -0.3 is 9.29 Å². The molecule has 0 atom stereocenters. The molecule has 0 aliphatic rings. The van der Waals surface area contributed by atoms with E-state index in [1.165, 1.54) is 6.07 Å². The molecule has 0 spiro atoms. The summed E-state index contributed by atoms with van der Waals surface area (Å²) in [5, 5.41) is 0. The minimum atomic E-state index is -4.41. The Balaban J connectivity index is 0.000000315. The van der Waals surface area contributed by atoms with E-state index in [2.05, 4.69) is 4.18 Å². The molecule has 0 amide bonds. The van der Waals surface area contributed by atoms with Crippen molar-refractivity contribution in [1.82, 2.24) is 0 Å². The van der Waals surface area contributed by atoms with Crippen molar-refractivity contribution >= 4 is 10.4 Å². The molecule has 2 rings (SSSR count). The first-order valence-corrected chi connectivity index (χ1v) is 7.02. The maximum atomic E-state index is 13.4. The number of nitrogens with zero attached hydrogens (tertiary/aromatic N) is 1. The van der Waals surface area contributed by atoms with Crippen LogP contribution in [0.5, 0.6) is 5.75 Å². The van der Waals surface area contributed by atoms with Gasteiger partial charge in [0, 0.05) is 18.2 Å². The molecule has 1 heterocycles. The van der Waals surface area contributed by atoms with Crippen LogP contribution < -0.4 is 9.30 Å². The van der Waals surface area contributed by atoms with Gasteiger partial charge in [-0.2, -0.15) is 8.96 Å². The fraction of sp³-hybridized carbons (Fsp3) is 0.154. The monoisotopic (exact) mass is 315 g/mol. The van der Waals surface area contributed by atoms with Crippen molar-refractivity contribution in [3.63, 3.8) is 0 Å². The zero-order valence-corrected chi connectivity index (χ0v) is 12.2. The van der Waals surface area contributed by atoms with Crippen molar-refractivity contribution in [3.8, 4) is 11.4 Å². The second-order valence-corrected chi connectivity index (χ2v) is 4.82. The number of pyridine rings is 1. The third-order valence-corrected chi connectivity index (χ3v) is 2.78. The first-order chi connectivity index (χ1) is 9.87. The minimum absolute atomic E-state index is 0.243. The zero-order chi connectivity index (χ0) is 15.9. The van der Waals surface area contributed by atoms with Crippen LogP contribution in [-0.4, -0.2) is 27.2 Å². The smallest absolute Gasteiger partial charge is 0.246 e. The van der Waals surface area contributed by atoms with E-state index in [9.17, 15) is 17.4 Å². The van der Waals surface area contributed by atoms with Crippen LogP contribution in [0.2, 0.25) is 0 Å². The average molecular weight is 315 g/mol. The van der Waals surface area contributed by atoms with Crippen LogP contribution in [0.15, 0.2) is 48.8 Å². The van der Waals surface area contributed by atoms with E-state index in [0.29, 0.717) is 5.69 Å². The van der Waals surface area contributed by atoms with Gasteiger partial charge >= 0.3 is 0 Å². The number of aromatic nitrogens is 1. The maximum Gasteiger partial charge on any atom is 0.246 e. The number of ether oxygens (including phenoxy) is 1. The third kappa shape index (κ3) is 5.86. The van der Waals surface area contributed by atoms with Crippen molar-refractivity contribution in [3.05, 3.63) is 54.6 Å². The number of benzene rings is 1. The van der Waals surface area contributed by atoms with Gasteiger partial charge in [-0.15, -0.1) is 0 Å². The van der Waals surface area contributed by atoms with Crippen molar-refractivity contribution in [2.24, 2.45) is 0 Å². The van der Waals surface area contributed by atoms with E-state index in [0.717, 1.165) is 12.9 Å². The van der Waals surface area contributed by atoms with Crippen molar-refractivity contribution in [1.29, 1.82) is 0 Å². The Bertz CT molecular complexity index is 673. The molecule has 0 bridgehead atoms. The standard InChI is InChI=1S/C12H11FNO.CH4O4S/c1-15-10-6-8-14(9-7-10)12-5-3-2-4-11(12)13;1-5-6(2,3)4/h2-9H,1H3;1H3,(H,2,3,4)/q+1;/p-1. The van der Waals surface area contributed by atoms with Crippen LogP contribution in [-0.2, 0) is 14.6 Å². The lowest BCUT2D eigenvalue weighted by Gasteiger charge is -1.99. The maximum absolute atomic E-state index is 13.4. The Morgan fingerprint density at radius 1 is 1.10 bits per heavy atom. The summed E-state index contributed by atoms with van der Waals surface area (Å²) in [6.07, 6.45) is 3.52. The summed E-state index contributed by atoms with van der Waals surface area (Å²) in [6.45, 7) is 0. The van der Waals surface area contributed by atoms with E-state index in [-0.39, 0.29) is 5.82 Å². The predicted octanol–water partition coefficient (Wildman–Crippen LogP) is 1.20. The van der Waals surface area contributed by atoms with Crippen LogP contribution in [0.4, 0.5) is 4.39 Å². The molecule has 2 aromatic rings. The molecule has 114 valence electrons. The third-order valence-electron chi connectivity index (χ3n) is 2.37. The molecule has 0 saturated carbocycles. The summed E-state index contributed by atoms with van der Waals surface area (Å²) in [4.78, 5) is 0. The largest absolute Gasteiger partial charge is 0.726 e. The quantitative estimate of drug-likeness (QED) is 0.483. The van der Waals surface area contributed by atoms with Crippen molar-refractivity contribution in [2.75, 3.05) is 14.2 Å². The lowest BCUT2D eigenvalue weighted by atomic mass is 10.3. The minimum Gasteiger partial charge on any atom is -0.726 e. The van der Waals surface area contributed by atoms with Gasteiger partial charge in [0.15, 0.2) is 18.2 Å². The molecule has 8 heteroatoms. The Labute approximate surface area is 122 Å². The Hall–Kier alpha value is -2.03. The average Bonchev–Trinajstić information content (AvgIpc) is 2.48. The number of para-hydroxylation sites is 1.